The van der Waals surface area contributed by atoms with Crippen LogP contribution in [0.4, 0.5) is 13.2 Å². The Morgan fingerprint density at radius 3 is 2.13 bits per heavy atom. The van der Waals surface area contributed by atoms with Crippen molar-refractivity contribution in [3.05, 3.63) is 54.4 Å². The van der Waals surface area contributed by atoms with Crippen LogP contribution < -0.4 is 0 Å². The molecule has 2 aromatic rings. The summed E-state index contributed by atoms with van der Waals surface area (Å²) in [6.07, 6.45) is -4.33. The first kappa shape index (κ1) is 10.0. The van der Waals surface area contributed by atoms with Crippen molar-refractivity contribution >= 4 is 10.8 Å². The van der Waals surface area contributed by atoms with Crippen LogP contribution in [0.1, 0.15) is 11.1 Å². The van der Waals surface area contributed by atoms with Crippen LogP contribution in [0.15, 0.2) is 36.4 Å². The minimum Gasteiger partial charge on any atom is -0.166 e. The van der Waals surface area contributed by atoms with Crippen LogP contribution in [-0.4, -0.2) is 0 Å². The zero-order valence-electron chi connectivity index (χ0n) is 7.81. The van der Waals surface area contributed by atoms with E-state index in [0.717, 1.165) is 6.07 Å². The summed E-state index contributed by atoms with van der Waals surface area (Å²) in [6.45, 7) is 3.62. The molecule has 0 nitrogen and oxygen atoms in total. The molecule has 0 aliphatic heterocycles. The SMILES string of the molecule is [CH2]c1cccc2cccc(C(F)(F)F)c12. The lowest BCUT2D eigenvalue weighted by Crippen LogP contribution is -2.06. The van der Waals surface area contributed by atoms with Crippen molar-refractivity contribution in [2.45, 2.75) is 6.18 Å². The Bertz CT molecular complexity index is 492. The van der Waals surface area contributed by atoms with E-state index in [4.69, 9.17) is 0 Å². The lowest BCUT2D eigenvalue weighted by Gasteiger charge is -2.11. The summed E-state index contributed by atoms with van der Waals surface area (Å²) >= 11 is 0. The second-order valence-corrected chi connectivity index (χ2v) is 3.32. The Morgan fingerprint density at radius 1 is 0.933 bits per heavy atom. The first-order chi connectivity index (χ1) is 7.00. The zero-order valence-corrected chi connectivity index (χ0v) is 7.81. The third kappa shape index (κ3) is 1.69. The van der Waals surface area contributed by atoms with Crippen molar-refractivity contribution in [1.82, 2.24) is 0 Å². The summed E-state index contributed by atoms with van der Waals surface area (Å²) in [5.74, 6) is 0. The third-order valence-corrected chi connectivity index (χ3v) is 2.30. The van der Waals surface area contributed by atoms with Gasteiger partial charge in [0.25, 0.3) is 0 Å². The molecule has 3 heteroatoms. The number of rotatable bonds is 0. The van der Waals surface area contributed by atoms with Gasteiger partial charge in [0.15, 0.2) is 0 Å². The zero-order chi connectivity index (χ0) is 11.1. The van der Waals surface area contributed by atoms with Gasteiger partial charge in [0.05, 0.1) is 5.56 Å². The Morgan fingerprint density at radius 2 is 1.53 bits per heavy atom. The molecule has 0 amide bonds. The molecule has 0 saturated heterocycles. The fraction of sp³-hybridized carbons (Fsp3) is 0.0833. The molecular weight excluding hydrogens is 201 g/mol. The highest BCUT2D eigenvalue weighted by Gasteiger charge is 2.32. The van der Waals surface area contributed by atoms with Crippen LogP contribution in [-0.2, 0) is 6.18 Å². The number of hydrogen-bond acceptors (Lipinski definition) is 0. The van der Waals surface area contributed by atoms with Crippen molar-refractivity contribution in [2.24, 2.45) is 0 Å². The molecule has 0 aromatic heterocycles. The molecule has 0 aliphatic carbocycles. The van der Waals surface area contributed by atoms with Crippen molar-refractivity contribution in [2.75, 3.05) is 0 Å². The average Bonchev–Trinajstić information content (AvgIpc) is 2.16. The molecule has 15 heavy (non-hydrogen) atoms. The predicted octanol–water partition coefficient (Wildman–Crippen LogP) is 4.04. The largest absolute Gasteiger partial charge is 0.417 e. The average molecular weight is 209 g/mol. The maximum absolute atomic E-state index is 12.7. The maximum Gasteiger partial charge on any atom is 0.417 e. The topological polar surface area (TPSA) is 0 Å². The van der Waals surface area contributed by atoms with Crippen LogP contribution in [0.5, 0.6) is 0 Å². The van der Waals surface area contributed by atoms with Crippen LogP contribution >= 0.6 is 0 Å². The summed E-state index contributed by atoms with van der Waals surface area (Å²) in [4.78, 5) is 0. The lowest BCUT2D eigenvalue weighted by molar-refractivity contribution is -0.136. The van der Waals surface area contributed by atoms with Gasteiger partial charge in [0, 0.05) is 0 Å². The fourth-order valence-corrected chi connectivity index (χ4v) is 1.65. The van der Waals surface area contributed by atoms with Crippen molar-refractivity contribution in [3.8, 4) is 0 Å². The van der Waals surface area contributed by atoms with Gasteiger partial charge in [-0.25, -0.2) is 0 Å². The molecule has 0 unspecified atom stereocenters. The highest BCUT2D eigenvalue weighted by Crippen LogP contribution is 2.35. The van der Waals surface area contributed by atoms with Gasteiger partial charge in [-0.15, -0.1) is 0 Å². The molecule has 0 saturated carbocycles. The minimum atomic E-state index is -4.33. The maximum atomic E-state index is 12.7. The first-order valence-electron chi connectivity index (χ1n) is 4.41. The van der Waals surface area contributed by atoms with E-state index in [9.17, 15) is 13.2 Å². The van der Waals surface area contributed by atoms with Crippen LogP contribution in [0.2, 0.25) is 0 Å². The molecular formula is C12H8F3. The Hall–Kier alpha value is -1.51. The van der Waals surface area contributed by atoms with Gasteiger partial charge in [0.2, 0.25) is 0 Å². The van der Waals surface area contributed by atoms with E-state index in [0.29, 0.717) is 10.9 Å². The number of hydrogen-bond donors (Lipinski definition) is 0. The monoisotopic (exact) mass is 209 g/mol. The summed E-state index contributed by atoms with van der Waals surface area (Å²) in [5.41, 5.74) is -0.217. The Kier molecular flexibility index (Phi) is 2.18. The van der Waals surface area contributed by atoms with E-state index < -0.39 is 11.7 Å². The van der Waals surface area contributed by atoms with E-state index in [1.165, 1.54) is 6.07 Å². The summed E-state index contributed by atoms with van der Waals surface area (Å²) in [7, 11) is 0. The number of benzene rings is 2. The Balaban J connectivity index is 2.86. The molecule has 0 fully saturated rings. The summed E-state index contributed by atoms with van der Waals surface area (Å²) in [5, 5.41) is 0.754. The highest BCUT2D eigenvalue weighted by molar-refractivity contribution is 5.89. The molecule has 0 heterocycles. The molecule has 2 aromatic carbocycles. The molecule has 0 spiro atoms. The third-order valence-electron chi connectivity index (χ3n) is 2.30. The number of fused-ring (bicyclic) bond motifs is 1. The minimum absolute atomic E-state index is 0.188. The van der Waals surface area contributed by atoms with Crippen LogP contribution in [0.25, 0.3) is 10.8 Å². The fourth-order valence-electron chi connectivity index (χ4n) is 1.65. The normalized spacial score (nSPS) is 12.0. The molecule has 1 radical (unpaired) electrons. The van der Waals surface area contributed by atoms with Gasteiger partial charge in [-0.3, -0.25) is 0 Å². The molecule has 0 atom stereocenters. The van der Waals surface area contributed by atoms with Gasteiger partial charge in [-0.05, 0) is 29.3 Å². The van der Waals surface area contributed by atoms with Gasteiger partial charge < -0.3 is 0 Å². The number of halogens is 3. The predicted molar refractivity (Wildman–Crippen MR) is 53.4 cm³/mol. The highest BCUT2D eigenvalue weighted by atomic mass is 19.4. The lowest BCUT2D eigenvalue weighted by atomic mass is 10.00. The van der Waals surface area contributed by atoms with Gasteiger partial charge in [-0.2, -0.15) is 13.2 Å². The summed E-state index contributed by atoms with van der Waals surface area (Å²) < 4.78 is 38.0. The van der Waals surface area contributed by atoms with E-state index in [1.807, 2.05) is 0 Å². The van der Waals surface area contributed by atoms with Crippen molar-refractivity contribution < 1.29 is 13.2 Å². The molecule has 2 rings (SSSR count). The van der Waals surface area contributed by atoms with E-state index in [2.05, 4.69) is 6.92 Å². The van der Waals surface area contributed by atoms with E-state index in [1.54, 1.807) is 24.3 Å². The quantitative estimate of drug-likeness (QED) is 0.614. The number of alkyl halides is 3. The smallest absolute Gasteiger partial charge is 0.166 e. The van der Waals surface area contributed by atoms with E-state index >= 15 is 0 Å². The van der Waals surface area contributed by atoms with E-state index in [-0.39, 0.29) is 5.39 Å². The molecule has 0 aliphatic rings. The first-order valence-corrected chi connectivity index (χ1v) is 4.41. The Labute approximate surface area is 85.3 Å². The van der Waals surface area contributed by atoms with Crippen molar-refractivity contribution in [3.63, 3.8) is 0 Å². The van der Waals surface area contributed by atoms with Gasteiger partial charge >= 0.3 is 6.18 Å². The van der Waals surface area contributed by atoms with Gasteiger partial charge in [-0.1, -0.05) is 30.3 Å². The second-order valence-electron chi connectivity index (χ2n) is 3.32. The summed E-state index contributed by atoms with van der Waals surface area (Å²) in [6, 6.07) is 9.07. The standard InChI is InChI=1S/C12H8F3/c1-8-4-2-5-9-6-3-7-10(11(8)9)12(13,14)15/h2-7H,1H2. The molecule has 0 N–H and O–H groups in total. The second kappa shape index (κ2) is 3.26. The molecule has 77 valence electrons. The van der Waals surface area contributed by atoms with Gasteiger partial charge in [0.1, 0.15) is 0 Å². The van der Waals surface area contributed by atoms with Crippen LogP contribution in [0.3, 0.4) is 0 Å². The van der Waals surface area contributed by atoms with Crippen LogP contribution in [0, 0.1) is 6.92 Å². The molecule has 0 bridgehead atoms. The van der Waals surface area contributed by atoms with Crippen molar-refractivity contribution in [1.29, 1.82) is 0 Å².